The van der Waals surface area contributed by atoms with E-state index in [1.807, 2.05) is 9.80 Å². The summed E-state index contributed by atoms with van der Waals surface area (Å²) in [6.45, 7) is 9.86. The van der Waals surface area contributed by atoms with Crippen molar-refractivity contribution in [3.63, 3.8) is 0 Å². The quantitative estimate of drug-likeness (QED) is 0.849. The minimum atomic E-state index is 0.00638. The van der Waals surface area contributed by atoms with Crippen molar-refractivity contribution in [2.75, 3.05) is 32.7 Å². The third-order valence-corrected chi connectivity index (χ3v) is 4.82. The number of hydrogen-bond donors (Lipinski definition) is 1. The number of carbonyl (C=O) groups excluding carboxylic acids is 2. The topological polar surface area (TPSA) is 52.7 Å². The molecule has 0 spiro atoms. The van der Waals surface area contributed by atoms with Crippen LogP contribution in [-0.2, 0) is 4.79 Å². The average Bonchev–Trinajstić information content (AvgIpc) is 2.78. The fourth-order valence-corrected chi connectivity index (χ4v) is 3.40. The Bertz CT molecular complexity index is 411. The number of nitrogens with one attached hydrogen (secondary N) is 1. The van der Waals surface area contributed by atoms with Gasteiger partial charge in [-0.1, -0.05) is 40.0 Å². The number of carbonyl (C=O) groups is 2. The minimum absolute atomic E-state index is 0.00638. The molecule has 0 unspecified atom stereocenters. The Morgan fingerprint density at radius 3 is 2.17 bits per heavy atom. The van der Waals surface area contributed by atoms with Gasteiger partial charge in [-0.2, -0.15) is 0 Å². The van der Waals surface area contributed by atoms with E-state index in [1.54, 1.807) is 0 Å². The van der Waals surface area contributed by atoms with Crippen molar-refractivity contribution < 1.29 is 9.59 Å². The van der Waals surface area contributed by atoms with Gasteiger partial charge < -0.3 is 15.1 Å². The molecule has 0 bridgehead atoms. The van der Waals surface area contributed by atoms with Gasteiger partial charge in [0, 0.05) is 38.6 Å². The molecule has 1 aliphatic heterocycles. The molecule has 0 radical (unpaired) electrons. The number of urea groups is 1. The summed E-state index contributed by atoms with van der Waals surface area (Å²) in [5, 5.41) is 3.01. The first-order valence-corrected chi connectivity index (χ1v) is 9.18. The zero-order valence-corrected chi connectivity index (χ0v) is 15.1. The standard InChI is InChI=1S/C18H33N3O2/c1-18(2,3)14-19-17(23)21-11-7-10-20(12-13-21)16(22)15-8-5-4-6-9-15/h15H,4-14H2,1-3H3,(H,19,23). The van der Waals surface area contributed by atoms with E-state index in [1.165, 1.54) is 19.3 Å². The molecule has 1 aliphatic carbocycles. The monoisotopic (exact) mass is 323 g/mol. The van der Waals surface area contributed by atoms with Crippen molar-refractivity contribution >= 4 is 11.9 Å². The van der Waals surface area contributed by atoms with E-state index in [0.29, 0.717) is 25.5 Å². The van der Waals surface area contributed by atoms with Crippen molar-refractivity contribution in [2.24, 2.45) is 11.3 Å². The van der Waals surface area contributed by atoms with Gasteiger partial charge in [-0.05, 0) is 24.7 Å². The van der Waals surface area contributed by atoms with Crippen LogP contribution in [0.1, 0.15) is 59.3 Å². The smallest absolute Gasteiger partial charge is 0.317 e. The van der Waals surface area contributed by atoms with Crippen LogP contribution >= 0.6 is 0 Å². The summed E-state index contributed by atoms with van der Waals surface area (Å²) >= 11 is 0. The van der Waals surface area contributed by atoms with Crippen LogP contribution in [0.5, 0.6) is 0 Å². The second-order valence-corrected chi connectivity index (χ2v) is 8.22. The molecular weight excluding hydrogens is 290 g/mol. The summed E-state index contributed by atoms with van der Waals surface area (Å²) in [5.41, 5.74) is 0.0878. The largest absolute Gasteiger partial charge is 0.341 e. The number of hydrogen-bond acceptors (Lipinski definition) is 2. The molecule has 1 heterocycles. The molecule has 5 nitrogen and oxygen atoms in total. The SMILES string of the molecule is CC(C)(C)CNC(=O)N1CCCN(C(=O)C2CCCCC2)CC1. The van der Waals surface area contributed by atoms with Crippen molar-refractivity contribution in [3.8, 4) is 0 Å². The van der Waals surface area contributed by atoms with Crippen molar-refractivity contribution in [3.05, 3.63) is 0 Å². The van der Waals surface area contributed by atoms with Crippen molar-refractivity contribution in [2.45, 2.75) is 59.3 Å². The molecule has 0 atom stereocenters. The number of rotatable bonds is 2. The molecule has 3 amide bonds. The molecule has 0 aromatic heterocycles. The average molecular weight is 323 g/mol. The van der Waals surface area contributed by atoms with E-state index in [9.17, 15) is 9.59 Å². The molecule has 132 valence electrons. The Labute approximate surface area is 140 Å². The van der Waals surface area contributed by atoms with E-state index >= 15 is 0 Å². The molecule has 1 saturated carbocycles. The molecule has 1 saturated heterocycles. The Morgan fingerprint density at radius 1 is 0.913 bits per heavy atom. The van der Waals surface area contributed by atoms with Gasteiger partial charge in [0.15, 0.2) is 0 Å². The Balaban J connectivity index is 1.81. The molecule has 1 N–H and O–H groups in total. The second kappa shape index (κ2) is 8.02. The maximum atomic E-state index is 12.6. The van der Waals surface area contributed by atoms with Gasteiger partial charge in [-0.15, -0.1) is 0 Å². The highest BCUT2D eigenvalue weighted by molar-refractivity contribution is 5.79. The Kier molecular flexibility index (Phi) is 6.31. The maximum Gasteiger partial charge on any atom is 0.317 e. The summed E-state index contributed by atoms with van der Waals surface area (Å²) < 4.78 is 0. The van der Waals surface area contributed by atoms with Crippen LogP contribution in [0.25, 0.3) is 0 Å². The highest BCUT2D eigenvalue weighted by Crippen LogP contribution is 2.25. The maximum absolute atomic E-state index is 12.6. The van der Waals surface area contributed by atoms with Crippen molar-refractivity contribution in [1.82, 2.24) is 15.1 Å². The normalized spacial score (nSPS) is 21.0. The van der Waals surface area contributed by atoms with Crippen LogP contribution in [0.3, 0.4) is 0 Å². The van der Waals surface area contributed by atoms with Crippen LogP contribution in [0.2, 0.25) is 0 Å². The lowest BCUT2D eigenvalue weighted by Crippen LogP contribution is -2.45. The van der Waals surface area contributed by atoms with E-state index in [-0.39, 0.29) is 17.4 Å². The zero-order valence-electron chi connectivity index (χ0n) is 15.1. The van der Waals surface area contributed by atoms with Gasteiger partial charge >= 0.3 is 6.03 Å². The van der Waals surface area contributed by atoms with Gasteiger partial charge in [-0.3, -0.25) is 4.79 Å². The third kappa shape index (κ3) is 5.70. The zero-order chi connectivity index (χ0) is 16.9. The van der Waals surface area contributed by atoms with Crippen LogP contribution < -0.4 is 5.32 Å². The lowest BCUT2D eigenvalue weighted by molar-refractivity contribution is -0.136. The lowest BCUT2D eigenvalue weighted by Gasteiger charge is -2.28. The third-order valence-electron chi connectivity index (χ3n) is 4.82. The number of amides is 3. The summed E-state index contributed by atoms with van der Waals surface area (Å²) in [6.07, 6.45) is 6.61. The Morgan fingerprint density at radius 2 is 1.52 bits per heavy atom. The fraction of sp³-hybridized carbons (Fsp3) is 0.889. The van der Waals surface area contributed by atoms with Crippen LogP contribution in [-0.4, -0.2) is 54.5 Å². The first kappa shape index (κ1) is 18.1. The van der Waals surface area contributed by atoms with Crippen LogP contribution in [0.4, 0.5) is 4.79 Å². The first-order chi connectivity index (χ1) is 10.9. The summed E-state index contributed by atoms with van der Waals surface area (Å²) in [6, 6.07) is 0.00638. The van der Waals surface area contributed by atoms with Crippen LogP contribution in [0, 0.1) is 11.3 Å². The Hall–Kier alpha value is -1.26. The van der Waals surface area contributed by atoms with Gasteiger partial charge in [0.05, 0.1) is 0 Å². The van der Waals surface area contributed by atoms with Crippen molar-refractivity contribution in [1.29, 1.82) is 0 Å². The summed E-state index contributed by atoms with van der Waals surface area (Å²) in [5.74, 6) is 0.548. The summed E-state index contributed by atoms with van der Waals surface area (Å²) in [4.78, 5) is 28.8. The molecule has 5 heteroatoms. The molecule has 0 aromatic rings. The van der Waals surface area contributed by atoms with Gasteiger partial charge in [-0.25, -0.2) is 4.79 Å². The van der Waals surface area contributed by atoms with Gasteiger partial charge in [0.2, 0.25) is 5.91 Å². The minimum Gasteiger partial charge on any atom is -0.341 e. The summed E-state index contributed by atoms with van der Waals surface area (Å²) in [7, 11) is 0. The number of nitrogens with zero attached hydrogens (tertiary/aromatic N) is 2. The second-order valence-electron chi connectivity index (χ2n) is 8.22. The van der Waals surface area contributed by atoms with E-state index in [2.05, 4.69) is 26.1 Å². The fourth-order valence-electron chi connectivity index (χ4n) is 3.40. The molecular formula is C18H33N3O2. The van der Waals surface area contributed by atoms with Gasteiger partial charge in [0.1, 0.15) is 0 Å². The van der Waals surface area contributed by atoms with E-state index in [4.69, 9.17) is 0 Å². The predicted molar refractivity (Wildman–Crippen MR) is 92.2 cm³/mol. The molecule has 2 aliphatic rings. The van der Waals surface area contributed by atoms with E-state index in [0.717, 1.165) is 32.4 Å². The van der Waals surface area contributed by atoms with E-state index < -0.39 is 0 Å². The highest BCUT2D eigenvalue weighted by atomic mass is 16.2. The molecule has 2 rings (SSSR count). The molecule has 0 aromatic carbocycles. The molecule has 23 heavy (non-hydrogen) atoms. The predicted octanol–water partition coefficient (Wildman–Crippen LogP) is 2.86. The first-order valence-electron chi connectivity index (χ1n) is 9.18. The van der Waals surface area contributed by atoms with Crippen LogP contribution in [0.15, 0.2) is 0 Å². The lowest BCUT2D eigenvalue weighted by atomic mass is 9.88. The highest BCUT2D eigenvalue weighted by Gasteiger charge is 2.28. The molecule has 2 fully saturated rings. The van der Waals surface area contributed by atoms with Gasteiger partial charge in [0.25, 0.3) is 0 Å².